The quantitative estimate of drug-likeness (QED) is 0.860. The number of hydrogen-bond acceptors (Lipinski definition) is 2. The molecule has 0 unspecified atom stereocenters. The van der Waals surface area contributed by atoms with Crippen LogP contribution >= 0.6 is 0 Å². The van der Waals surface area contributed by atoms with Crippen molar-refractivity contribution in [3.63, 3.8) is 0 Å². The lowest BCUT2D eigenvalue weighted by molar-refractivity contribution is 0.388. The Morgan fingerprint density at radius 2 is 1.60 bits per heavy atom. The van der Waals surface area contributed by atoms with Gasteiger partial charge < -0.3 is 10.0 Å². The molecule has 2 nitrogen and oxygen atoms in total. The lowest BCUT2D eigenvalue weighted by atomic mass is 9.87. The molecular weight excluding hydrogens is 246 g/mol. The minimum absolute atomic E-state index is 0.261. The molecular formula is C18H23NO. The van der Waals surface area contributed by atoms with Crippen LogP contribution in [-0.2, 0) is 0 Å². The monoisotopic (exact) mass is 269 g/mol. The molecule has 20 heavy (non-hydrogen) atoms. The van der Waals surface area contributed by atoms with Crippen LogP contribution in [0.3, 0.4) is 0 Å². The van der Waals surface area contributed by atoms with Crippen molar-refractivity contribution < 1.29 is 5.11 Å². The Bertz CT molecular complexity index is 522. The number of nitrogens with zero attached hydrogens (tertiary/aromatic N) is 1. The number of phenolic OH excluding ortho intramolecular Hbond substituents is 1. The van der Waals surface area contributed by atoms with Crippen LogP contribution in [0.15, 0.2) is 54.6 Å². The summed E-state index contributed by atoms with van der Waals surface area (Å²) in [4.78, 5) is 2.20. The third-order valence-corrected chi connectivity index (χ3v) is 3.61. The number of phenols is 1. The second kappa shape index (κ2) is 7.11. The number of benzene rings is 2. The van der Waals surface area contributed by atoms with E-state index in [0.717, 1.165) is 24.9 Å². The largest absolute Gasteiger partial charge is 0.508 e. The van der Waals surface area contributed by atoms with Gasteiger partial charge in [-0.25, -0.2) is 0 Å². The van der Waals surface area contributed by atoms with Gasteiger partial charge in [0, 0.05) is 11.5 Å². The number of hydrogen-bond donors (Lipinski definition) is 1. The van der Waals surface area contributed by atoms with E-state index in [1.165, 1.54) is 5.56 Å². The molecule has 2 aromatic carbocycles. The Hall–Kier alpha value is -1.80. The van der Waals surface area contributed by atoms with Crippen LogP contribution in [0.4, 0.5) is 0 Å². The second-order valence-electron chi connectivity index (χ2n) is 5.47. The summed E-state index contributed by atoms with van der Waals surface area (Å²) in [5.41, 5.74) is 2.30. The van der Waals surface area contributed by atoms with E-state index in [9.17, 15) is 5.11 Å². The molecule has 0 aromatic heterocycles. The van der Waals surface area contributed by atoms with Crippen LogP contribution in [0.25, 0.3) is 0 Å². The highest BCUT2D eigenvalue weighted by molar-refractivity contribution is 5.41. The van der Waals surface area contributed by atoms with Crippen LogP contribution < -0.4 is 0 Å². The van der Waals surface area contributed by atoms with E-state index in [1.807, 2.05) is 24.3 Å². The molecule has 1 atom stereocenters. The highest BCUT2D eigenvalue weighted by Gasteiger charge is 2.16. The SMILES string of the molecule is CN(C)CCC[C@@H](c1ccccc1)c1ccccc1O. The average molecular weight is 269 g/mol. The molecule has 0 bridgehead atoms. The molecule has 1 N–H and O–H groups in total. The Labute approximate surface area is 121 Å². The van der Waals surface area contributed by atoms with Gasteiger partial charge in [0.2, 0.25) is 0 Å². The lowest BCUT2D eigenvalue weighted by Gasteiger charge is -2.20. The molecule has 0 radical (unpaired) electrons. The average Bonchev–Trinajstić information content (AvgIpc) is 2.45. The van der Waals surface area contributed by atoms with Gasteiger partial charge in [0.1, 0.15) is 5.75 Å². The Morgan fingerprint density at radius 1 is 0.950 bits per heavy atom. The van der Waals surface area contributed by atoms with E-state index in [0.29, 0.717) is 5.75 Å². The Balaban J connectivity index is 2.23. The number of rotatable bonds is 6. The molecule has 0 saturated carbocycles. The molecule has 0 amide bonds. The first-order valence-corrected chi connectivity index (χ1v) is 7.16. The standard InChI is InChI=1S/C18H23NO/c1-19(2)14-8-12-16(15-9-4-3-5-10-15)17-11-6-7-13-18(17)20/h3-7,9-11,13,16,20H,8,12,14H2,1-2H3/t16-/m0/s1. The fraction of sp³-hybridized carbons (Fsp3) is 0.333. The van der Waals surface area contributed by atoms with Crippen molar-refractivity contribution in [3.05, 3.63) is 65.7 Å². The minimum atomic E-state index is 0.261. The highest BCUT2D eigenvalue weighted by atomic mass is 16.3. The predicted octanol–water partition coefficient (Wildman–Crippen LogP) is 3.87. The van der Waals surface area contributed by atoms with E-state index in [-0.39, 0.29) is 5.92 Å². The van der Waals surface area contributed by atoms with Crippen molar-refractivity contribution in [3.8, 4) is 5.75 Å². The van der Waals surface area contributed by atoms with Crippen molar-refractivity contribution in [2.45, 2.75) is 18.8 Å². The zero-order valence-corrected chi connectivity index (χ0v) is 12.3. The molecule has 106 valence electrons. The summed E-state index contributed by atoms with van der Waals surface area (Å²) >= 11 is 0. The van der Waals surface area contributed by atoms with Gasteiger partial charge in [-0.3, -0.25) is 0 Å². The van der Waals surface area contributed by atoms with Crippen molar-refractivity contribution in [1.82, 2.24) is 4.90 Å². The molecule has 0 aliphatic carbocycles. The summed E-state index contributed by atoms with van der Waals surface area (Å²) in [7, 11) is 4.19. The fourth-order valence-electron chi connectivity index (χ4n) is 2.58. The number of aromatic hydroxyl groups is 1. The maximum atomic E-state index is 10.1. The number of para-hydroxylation sites is 1. The van der Waals surface area contributed by atoms with E-state index >= 15 is 0 Å². The summed E-state index contributed by atoms with van der Waals surface area (Å²) < 4.78 is 0. The van der Waals surface area contributed by atoms with Crippen molar-refractivity contribution >= 4 is 0 Å². The van der Waals surface area contributed by atoms with Crippen molar-refractivity contribution in [2.24, 2.45) is 0 Å². The van der Waals surface area contributed by atoms with E-state index in [4.69, 9.17) is 0 Å². The van der Waals surface area contributed by atoms with Crippen molar-refractivity contribution in [2.75, 3.05) is 20.6 Å². The molecule has 0 aliphatic heterocycles. The van der Waals surface area contributed by atoms with Gasteiger partial charge >= 0.3 is 0 Å². The van der Waals surface area contributed by atoms with Gasteiger partial charge in [-0.2, -0.15) is 0 Å². The zero-order chi connectivity index (χ0) is 14.4. The maximum absolute atomic E-state index is 10.1. The minimum Gasteiger partial charge on any atom is -0.508 e. The van der Waals surface area contributed by atoms with Gasteiger partial charge in [0.25, 0.3) is 0 Å². The Kier molecular flexibility index (Phi) is 5.19. The maximum Gasteiger partial charge on any atom is 0.119 e. The van der Waals surface area contributed by atoms with Crippen LogP contribution in [0.5, 0.6) is 5.75 Å². The third kappa shape index (κ3) is 3.84. The van der Waals surface area contributed by atoms with Crippen LogP contribution in [0.1, 0.15) is 29.9 Å². The molecule has 0 spiro atoms. The van der Waals surface area contributed by atoms with Crippen LogP contribution in [0, 0.1) is 0 Å². The molecule has 2 rings (SSSR count). The van der Waals surface area contributed by atoms with Gasteiger partial charge in [0.15, 0.2) is 0 Å². The molecule has 2 heteroatoms. The second-order valence-corrected chi connectivity index (χ2v) is 5.47. The van der Waals surface area contributed by atoms with E-state index < -0.39 is 0 Å². The molecule has 0 fully saturated rings. The first-order valence-electron chi connectivity index (χ1n) is 7.16. The summed E-state index contributed by atoms with van der Waals surface area (Å²) in [5.74, 6) is 0.656. The zero-order valence-electron chi connectivity index (χ0n) is 12.3. The topological polar surface area (TPSA) is 23.5 Å². The normalized spacial score (nSPS) is 12.6. The highest BCUT2D eigenvalue weighted by Crippen LogP contribution is 2.34. The lowest BCUT2D eigenvalue weighted by Crippen LogP contribution is -2.14. The predicted molar refractivity (Wildman–Crippen MR) is 84.2 cm³/mol. The summed E-state index contributed by atoms with van der Waals surface area (Å²) in [6.07, 6.45) is 2.15. The summed E-state index contributed by atoms with van der Waals surface area (Å²) in [6.45, 7) is 1.07. The summed E-state index contributed by atoms with van der Waals surface area (Å²) in [5, 5.41) is 10.1. The molecule has 0 heterocycles. The van der Waals surface area contributed by atoms with E-state index in [2.05, 4.69) is 43.3 Å². The third-order valence-electron chi connectivity index (χ3n) is 3.61. The molecule has 0 saturated heterocycles. The fourth-order valence-corrected chi connectivity index (χ4v) is 2.58. The van der Waals surface area contributed by atoms with Gasteiger partial charge in [-0.1, -0.05) is 48.5 Å². The molecule has 2 aromatic rings. The van der Waals surface area contributed by atoms with E-state index in [1.54, 1.807) is 6.07 Å². The van der Waals surface area contributed by atoms with Gasteiger partial charge in [-0.05, 0) is 45.1 Å². The Morgan fingerprint density at radius 3 is 2.25 bits per heavy atom. The summed E-state index contributed by atoms with van der Waals surface area (Å²) in [6, 6.07) is 18.1. The van der Waals surface area contributed by atoms with Crippen LogP contribution in [-0.4, -0.2) is 30.6 Å². The smallest absolute Gasteiger partial charge is 0.119 e. The first-order chi connectivity index (χ1) is 9.68. The van der Waals surface area contributed by atoms with Crippen LogP contribution in [0.2, 0.25) is 0 Å². The van der Waals surface area contributed by atoms with Gasteiger partial charge in [0.05, 0.1) is 0 Å². The van der Waals surface area contributed by atoms with Crippen molar-refractivity contribution in [1.29, 1.82) is 0 Å². The molecule has 0 aliphatic rings. The first kappa shape index (κ1) is 14.6. The van der Waals surface area contributed by atoms with Gasteiger partial charge in [-0.15, -0.1) is 0 Å².